The van der Waals surface area contributed by atoms with Gasteiger partial charge in [0, 0.05) is 12.3 Å². The molecule has 2 N–H and O–H groups in total. The lowest BCUT2D eigenvalue weighted by atomic mass is 10.1. The molecule has 0 aliphatic heterocycles. The highest BCUT2D eigenvalue weighted by Crippen LogP contribution is 2.36. The summed E-state index contributed by atoms with van der Waals surface area (Å²) < 4.78 is 10.2. The van der Waals surface area contributed by atoms with Crippen molar-refractivity contribution in [3.63, 3.8) is 0 Å². The molecule has 1 heterocycles. The van der Waals surface area contributed by atoms with Gasteiger partial charge in [0.1, 0.15) is 17.2 Å². The van der Waals surface area contributed by atoms with Crippen LogP contribution in [0.5, 0.6) is 11.5 Å². The number of nitrogens with one attached hydrogen (secondary N) is 1. The number of ether oxygens (including phenoxy) is 2. The lowest BCUT2D eigenvalue weighted by Gasteiger charge is -2.13. The van der Waals surface area contributed by atoms with E-state index in [1.54, 1.807) is 0 Å². The van der Waals surface area contributed by atoms with Crippen LogP contribution in [0.4, 0.5) is 5.69 Å². The zero-order valence-electron chi connectivity index (χ0n) is 12.3. The minimum atomic E-state index is -1.25. The second-order valence-corrected chi connectivity index (χ2v) is 4.75. The van der Waals surface area contributed by atoms with E-state index in [-0.39, 0.29) is 22.0 Å². The first-order chi connectivity index (χ1) is 11.0. The van der Waals surface area contributed by atoms with Crippen LogP contribution in [0.15, 0.2) is 30.5 Å². The smallest absolute Gasteiger partial charge is 0.338 e. The van der Waals surface area contributed by atoms with Crippen molar-refractivity contribution in [1.29, 1.82) is 0 Å². The number of aromatic nitrogens is 1. The number of hydrogen-bond donors (Lipinski definition) is 2. The van der Waals surface area contributed by atoms with Crippen LogP contribution < -0.4 is 14.8 Å². The molecule has 8 heteroatoms. The van der Waals surface area contributed by atoms with Crippen molar-refractivity contribution in [1.82, 2.24) is 4.98 Å². The monoisotopic (exact) mass is 336 g/mol. The Morgan fingerprint density at radius 2 is 1.91 bits per heavy atom. The number of carboxylic acids is 1. The number of carboxylic acid groups (broad SMARTS) is 1. The zero-order valence-corrected chi connectivity index (χ0v) is 13.0. The van der Waals surface area contributed by atoms with Crippen LogP contribution in [0.1, 0.15) is 20.8 Å². The van der Waals surface area contributed by atoms with E-state index in [9.17, 15) is 9.59 Å². The maximum absolute atomic E-state index is 12.3. The fourth-order valence-corrected chi connectivity index (χ4v) is 2.14. The van der Waals surface area contributed by atoms with Gasteiger partial charge in [-0.25, -0.2) is 4.79 Å². The van der Waals surface area contributed by atoms with Crippen molar-refractivity contribution in [3.05, 3.63) is 46.7 Å². The molecule has 7 nitrogen and oxygen atoms in total. The first-order valence-corrected chi connectivity index (χ1v) is 6.77. The van der Waals surface area contributed by atoms with Gasteiger partial charge in [-0.3, -0.25) is 9.78 Å². The summed E-state index contributed by atoms with van der Waals surface area (Å²) in [6, 6.07) is 5.68. The van der Waals surface area contributed by atoms with Gasteiger partial charge >= 0.3 is 5.97 Å². The average Bonchev–Trinajstić information content (AvgIpc) is 2.55. The maximum Gasteiger partial charge on any atom is 0.338 e. The zero-order chi connectivity index (χ0) is 17.0. The predicted molar refractivity (Wildman–Crippen MR) is 83.7 cm³/mol. The number of pyridine rings is 1. The molecule has 0 spiro atoms. The second-order valence-electron chi connectivity index (χ2n) is 4.35. The van der Waals surface area contributed by atoms with Crippen LogP contribution >= 0.6 is 11.6 Å². The van der Waals surface area contributed by atoms with E-state index in [0.29, 0.717) is 11.5 Å². The van der Waals surface area contributed by atoms with Gasteiger partial charge in [-0.1, -0.05) is 11.6 Å². The van der Waals surface area contributed by atoms with Crippen LogP contribution in [0, 0.1) is 0 Å². The number of aromatic carboxylic acids is 1. The Bertz CT molecular complexity index is 764. The van der Waals surface area contributed by atoms with Crippen molar-refractivity contribution in [2.45, 2.75) is 0 Å². The van der Waals surface area contributed by atoms with E-state index in [1.165, 1.54) is 44.7 Å². The van der Waals surface area contributed by atoms with E-state index in [2.05, 4.69) is 10.3 Å². The van der Waals surface area contributed by atoms with Gasteiger partial charge in [0.2, 0.25) is 0 Å². The summed E-state index contributed by atoms with van der Waals surface area (Å²) in [5.74, 6) is -1.25. The molecule has 23 heavy (non-hydrogen) atoms. The third kappa shape index (κ3) is 3.51. The van der Waals surface area contributed by atoms with Crippen molar-refractivity contribution in [3.8, 4) is 11.5 Å². The number of methoxy groups -OCH3 is 2. The Balaban J connectivity index is 2.38. The fraction of sp³-hybridized carbons (Fsp3) is 0.133. The SMILES string of the molecule is COc1cc(OC)c(NC(=O)c2ncccc2C(=O)O)cc1Cl. The molecule has 2 rings (SSSR count). The number of carbonyl (C=O) groups excluding carboxylic acids is 1. The highest BCUT2D eigenvalue weighted by atomic mass is 35.5. The van der Waals surface area contributed by atoms with E-state index in [0.717, 1.165) is 0 Å². The normalized spacial score (nSPS) is 10.0. The fourth-order valence-electron chi connectivity index (χ4n) is 1.90. The highest BCUT2D eigenvalue weighted by molar-refractivity contribution is 6.32. The lowest BCUT2D eigenvalue weighted by molar-refractivity contribution is 0.0691. The van der Waals surface area contributed by atoms with Crippen molar-refractivity contribution in [2.24, 2.45) is 0 Å². The molecule has 0 aliphatic rings. The minimum absolute atomic E-state index is 0.205. The van der Waals surface area contributed by atoms with Gasteiger partial charge in [0.25, 0.3) is 5.91 Å². The summed E-state index contributed by atoms with van der Waals surface area (Å²) in [4.78, 5) is 27.3. The van der Waals surface area contributed by atoms with Crippen LogP contribution in [-0.4, -0.2) is 36.2 Å². The van der Waals surface area contributed by atoms with Gasteiger partial charge in [-0.15, -0.1) is 0 Å². The molecule has 2 aromatic rings. The molecule has 120 valence electrons. The molecule has 0 atom stereocenters. The maximum atomic E-state index is 12.3. The summed E-state index contributed by atoms with van der Waals surface area (Å²) in [6.45, 7) is 0. The van der Waals surface area contributed by atoms with Gasteiger partial charge in [-0.2, -0.15) is 0 Å². The number of rotatable bonds is 5. The molecule has 0 saturated heterocycles. The Morgan fingerprint density at radius 3 is 2.52 bits per heavy atom. The van der Waals surface area contributed by atoms with E-state index in [4.69, 9.17) is 26.2 Å². The molecule has 0 fully saturated rings. The molecular weight excluding hydrogens is 324 g/mol. The van der Waals surface area contributed by atoms with Crippen LogP contribution in [0.3, 0.4) is 0 Å². The standard InChI is InChI=1S/C15H13ClN2O5/c1-22-11-7-12(23-2)10(6-9(11)16)18-14(19)13-8(15(20)21)4-3-5-17-13/h3-7H,1-2H3,(H,18,19)(H,20,21). The number of carbonyl (C=O) groups is 2. The number of amides is 1. The quantitative estimate of drug-likeness (QED) is 0.871. The van der Waals surface area contributed by atoms with Gasteiger partial charge in [0.05, 0.1) is 30.5 Å². The molecule has 1 amide bonds. The van der Waals surface area contributed by atoms with Gasteiger partial charge in [0.15, 0.2) is 0 Å². The highest BCUT2D eigenvalue weighted by Gasteiger charge is 2.19. The van der Waals surface area contributed by atoms with Crippen LogP contribution in [0.25, 0.3) is 0 Å². The number of benzene rings is 1. The number of nitrogens with zero attached hydrogens (tertiary/aromatic N) is 1. The predicted octanol–water partition coefficient (Wildman–Crippen LogP) is 2.70. The van der Waals surface area contributed by atoms with E-state index in [1.807, 2.05) is 0 Å². The van der Waals surface area contributed by atoms with Crippen LogP contribution in [0.2, 0.25) is 5.02 Å². The third-order valence-corrected chi connectivity index (χ3v) is 3.27. The average molecular weight is 337 g/mol. The topological polar surface area (TPSA) is 97.8 Å². The first-order valence-electron chi connectivity index (χ1n) is 6.39. The molecule has 0 radical (unpaired) electrons. The molecule has 0 aliphatic carbocycles. The van der Waals surface area contributed by atoms with Gasteiger partial charge in [-0.05, 0) is 18.2 Å². The van der Waals surface area contributed by atoms with Crippen molar-refractivity contribution >= 4 is 29.2 Å². The summed E-state index contributed by atoms with van der Waals surface area (Å²) in [6.07, 6.45) is 1.33. The Hall–Kier alpha value is -2.80. The number of anilines is 1. The molecule has 0 saturated carbocycles. The molecule has 0 unspecified atom stereocenters. The van der Waals surface area contributed by atoms with Crippen LogP contribution in [-0.2, 0) is 0 Å². The Morgan fingerprint density at radius 1 is 1.22 bits per heavy atom. The third-order valence-electron chi connectivity index (χ3n) is 2.98. The summed E-state index contributed by atoms with van der Waals surface area (Å²) in [5.41, 5.74) is -0.150. The first kappa shape index (κ1) is 16.6. The van der Waals surface area contributed by atoms with E-state index < -0.39 is 11.9 Å². The second kappa shape index (κ2) is 6.97. The summed E-state index contributed by atoms with van der Waals surface area (Å²) in [5, 5.41) is 11.9. The van der Waals surface area contributed by atoms with E-state index >= 15 is 0 Å². The largest absolute Gasteiger partial charge is 0.495 e. The van der Waals surface area contributed by atoms with Gasteiger partial charge < -0.3 is 19.9 Å². The Labute approximate surface area is 136 Å². The minimum Gasteiger partial charge on any atom is -0.495 e. The number of halogens is 1. The molecule has 1 aromatic carbocycles. The van der Waals surface area contributed by atoms with Crippen molar-refractivity contribution < 1.29 is 24.2 Å². The summed E-state index contributed by atoms with van der Waals surface area (Å²) >= 11 is 6.03. The molecular formula is C15H13ClN2O5. The lowest BCUT2D eigenvalue weighted by Crippen LogP contribution is -2.18. The van der Waals surface area contributed by atoms with Crippen molar-refractivity contribution in [2.75, 3.05) is 19.5 Å². The number of hydrogen-bond acceptors (Lipinski definition) is 5. The summed E-state index contributed by atoms with van der Waals surface area (Å²) in [7, 11) is 2.87. The molecule has 0 bridgehead atoms. The Kier molecular flexibility index (Phi) is 5.02. The molecule has 1 aromatic heterocycles.